The summed E-state index contributed by atoms with van der Waals surface area (Å²) in [6.45, 7) is 2.41. The molecule has 0 aliphatic carbocycles. The summed E-state index contributed by atoms with van der Waals surface area (Å²) in [5.74, 6) is -1.35. The standard InChI is InChI=1S/C28H22N2O5S/c1-17-4-2-5-18(14-17)16-35-22-10-8-19(9-11-22)25(32)23-24(20-6-3-7-21(31)15-20)30(27(34)26(23)33)28-29-12-13-36-28/h2-15,24,31-32H,16H2,1H3/b25-23-. The van der Waals surface area contributed by atoms with Gasteiger partial charge in [0, 0.05) is 17.1 Å². The number of aliphatic hydroxyl groups excluding tert-OH is 1. The molecule has 1 aromatic heterocycles. The van der Waals surface area contributed by atoms with Crippen molar-refractivity contribution in [3.63, 3.8) is 0 Å². The molecule has 1 unspecified atom stereocenters. The van der Waals surface area contributed by atoms with Crippen molar-refractivity contribution in [1.82, 2.24) is 4.98 Å². The highest BCUT2D eigenvalue weighted by Gasteiger charge is 2.48. The number of amides is 1. The zero-order valence-corrected chi connectivity index (χ0v) is 20.1. The Hall–Kier alpha value is -4.43. The van der Waals surface area contributed by atoms with Crippen LogP contribution >= 0.6 is 11.3 Å². The van der Waals surface area contributed by atoms with Crippen LogP contribution in [0.5, 0.6) is 11.5 Å². The van der Waals surface area contributed by atoms with Crippen molar-refractivity contribution < 1.29 is 24.5 Å². The molecule has 1 saturated heterocycles. The lowest BCUT2D eigenvalue weighted by molar-refractivity contribution is -0.132. The van der Waals surface area contributed by atoms with Gasteiger partial charge in [-0.2, -0.15) is 0 Å². The van der Waals surface area contributed by atoms with Crippen LogP contribution in [0.1, 0.15) is 28.3 Å². The number of hydrogen-bond donors (Lipinski definition) is 2. The maximum atomic E-state index is 13.1. The van der Waals surface area contributed by atoms with Gasteiger partial charge < -0.3 is 14.9 Å². The van der Waals surface area contributed by atoms with Gasteiger partial charge >= 0.3 is 5.91 Å². The lowest BCUT2D eigenvalue weighted by Crippen LogP contribution is -2.29. The highest BCUT2D eigenvalue weighted by Crippen LogP contribution is 2.43. The molecule has 7 nitrogen and oxygen atoms in total. The molecule has 180 valence electrons. The quantitative estimate of drug-likeness (QED) is 0.211. The van der Waals surface area contributed by atoms with Crippen LogP contribution < -0.4 is 9.64 Å². The normalized spacial score (nSPS) is 16.9. The molecule has 1 amide bonds. The van der Waals surface area contributed by atoms with Crippen LogP contribution in [-0.2, 0) is 16.2 Å². The average molecular weight is 499 g/mol. The van der Waals surface area contributed by atoms with Crippen molar-refractivity contribution in [3.05, 3.63) is 112 Å². The molecule has 4 aromatic rings. The number of nitrogens with zero attached hydrogens (tertiary/aromatic N) is 2. The first-order chi connectivity index (χ1) is 17.4. The Morgan fingerprint density at radius 1 is 1.06 bits per heavy atom. The fraction of sp³-hybridized carbons (Fsp3) is 0.107. The lowest BCUT2D eigenvalue weighted by Gasteiger charge is -2.23. The predicted molar refractivity (Wildman–Crippen MR) is 137 cm³/mol. The Bertz CT molecular complexity index is 1460. The molecule has 1 aliphatic rings. The second-order valence-electron chi connectivity index (χ2n) is 8.38. The summed E-state index contributed by atoms with van der Waals surface area (Å²) in [4.78, 5) is 31.6. The van der Waals surface area contributed by atoms with Crippen LogP contribution in [0, 0.1) is 6.92 Å². The van der Waals surface area contributed by atoms with Crippen molar-refractivity contribution in [3.8, 4) is 11.5 Å². The van der Waals surface area contributed by atoms with E-state index in [9.17, 15) is 19.8 Å². The minimum atomic E-state index is -0.944. The summed E-state index contributed by atoms with van der Waals surface area (Å²) in [7, 11) is 0. The number of aromatic hydroxyl groups is 1. The molecule has 0 spiro atoms. The first-order valence-electron chi connectivity index (χ1n) is 11.2. The SMILES string of the molecule is Cc1cccc(COc2ccc(/C(O)=C3/C(=O)C(=O)N(c4nccs4)C3c3cccc(O)c3)cc2)c1. The molecule has 36 heavy (non-hydrogen) atoms. The van der Waals surface area contributed by atoms with Gasteiger partial charge in [-0.05, 0) is 54.4 Å². The summed E-state index contributed by atoms with van der Waals surface area (Å²) in [5, 5.41) is 23.3. The summed E-state index contributed by atoms with van der Waals surface area (Å²) in [6.07, 6.45) is 1.54. The number of phenolic OH excluding ortho intramolecular Hbond substituents is 1. The first-order valence-corrected chi connectivity index (χ1v) is 12.1. The van der Waals surface area contributed by atoms with E-state index in [1.807, 2.05) is 31.2 Å². The van der Waals surface area contributed by atoms with Crippen LogP contribution in [0.25, 0.3) is 5.76 Å². The highest BCUT2D eigenvalue weighted by molar-refractivity contribution is 7.14. The van der Waals surface area contributed by atoms with Gasteiger partial charge in [0.1, 0.15) is 23.9 Å². The molecule has 8 heteroatoms. The molecule has 1 atom stereocenters. The number of benzene rings is 3. The molecule has 1 fully saturated rings. The molecule has 0 bridgehead atoms. The van der Waals surface area contributed by atoms with E-state index >= 15 is 0 Å². The Labute approximate surface area is 211 Å². The number of rotatable bonds is 6. The van der Waals surface area contributed by atoms with Crippen molar-refractivity contribution in [2.45, 2.75) is 19.6 Å². The smallest absolute Gasteiger partial charge is 0.301 e. The van der Waals surface area contributed by atoms with Gasteiger partial charge in [0.15, 0.2) is 5.13 Å². The Morgan fingerprint density at radius 3 is 2.53 bits per heavy atom. The third-order valence-electron chi connectivity index (χ3n) is 5.87. The third-order valence-corrected chi connectivity index (χ3v) is 6.64. The van der Waals surface area contributed by atoms with Gasteiger partial charge in [-0.1, -0.05) is 42.0 Å². The molecular weight excluding hydrogens is 476 g/mol. The number of phenols is 1. The summed E-state index contributed by atoms with van der Waals surface area (Å²) in [6, 6.07) is 20.0. The number of ether oxygens (including phenoxy) is 1. The van der Waals surface area contributed by atoms with Gasteiger partial charge in [-0.3, -0.25) is 14.5 Å². The molecule has 0 radical (unpaired) electrons. The van der Waals surface area contributed by atoms with E-state index in [4.69, 9.17) is 4.74 Å². The fourth-order valence-electron chi connectivity index (χ4n) is 4.21. The topological polar surface area (TPSA) is 100.0 Å². The Kier molecular flexibility index (Phi) is 6.26. The number of anilines is 1. The van der Waals surface area contributed by atoms with Crippen LogP contribution in [-0.4, -0.2) is 26.9 Å². The van der Waals surface area contributed by atoms with Crippen LogP contribution in [0.3, 0.4) is 0 Å². The van der Waals surface area contributed by atoms with E-state index in [0.29, 0.717) is 28.6 Å². The minimum absolute atomic E-state index is 0.0210. The average Bonchev–Trinajstić information content (AvgIpc) is 3.49. The number of aryl methyl sites for hydroxylation is 1. The fourth-order valence-corrected chi connectivity index (χ4v) is 4.88. The summed E-state index contributed by atoms with van der Waals surface area (Å²) >= 11 is 1.20. The van der Waals surface area contributed by atoms with Crippen LogP contribution in [0.2, 0.25) is 0 Å². The summed E-state index contributed by atoms with van der Waals surface area (Å²) < 4.78 is 5.85. The number of Topliss-reactive ketones (excluding diaryl/α,β-unsaturated/α-hetero) is 1. The summed E-state index contributed by atoms with van der Waals surface area (Å²) in [5.41, 5.74) is 2.95. The molecular formula is C28H22N2O5S. The number of carbonyl (C=O) groups is 2. The van der Waals surface area contributed by atoms with E-state index in [1.165, 1.54) is 34.6 Å². The van der Waals surface area contributed by atoms with Crippen molar-refractivity contribution in [1.29, 1.82) is 0 Å². The third kappa shape index (κ3) is 4.46. The number of aliphatic hydroxyl groups is 1. The van der Waals surface area contributed by atoms with E-state index < -0.39 is 17.7 Å². The van der Waals surface area contributed by atoms with Crippen molar-refractivity contribution >= 4 is 33.9 Å². The Balaban J connectivity index is 1.49. The second kappa shape index (κ2) is 9.67. The van der Waals surface area contributed by atoms with Crippen molar-refractivity contribution in [2.75, 3.05) is 4.90 Å². The van der Waals surface area contributed by atoms with E-state index in [1.54, 1.807) is 41.8 Å². The molecule has 2 N–H and O–H groups in total. The number of ketones is 1. The number of thiazole rings is 1. The number of hydrogen-bond acceptors (Lipinski definition) is 7. The Morgan fingerprint density at radius 2 is 1.83 bits per heavy atom. The van der Waals surface area contributed by atoms with Gasteiger partial charge in [0.05, 0.1) is 11.6 Å². The molecule has 0 saturated carbocycles. The zero-order chi connectivity index (χ0) is 25.2. The van der Waals surface area contributed by atoms with E-state index in [2.05, 4.69) is 4.98 Å². The van der Waals surface area contributed by atoms with E-state index in [-0.39, 0.29) is 17.1 Å². The van der Waals surface area contributed by atoms with Gasteiger partial charge in [-0.15, -0.1) is 11.3 Å². The van der Waals surface area contributed by atoms with Crippen molar-refractivity contribution in [2.24, 2.45) is 0 Å². The second-order valence-corrected chi connectivity index (χ2v) is 9.25. The molecule has 3 aromatic carbocycles. The molecule has 5 rings (SSSR count). The van der Waals surface area contributed by atoms with Crippen LogP contribution in [0.4, 0.5) is 5.13 Å². The van der Waals surface area contributed by atoms with E-state index in [0.717, 1.165) is 11.1 Å². The zero-order valence-electron chi connectivity index (χ0n) is 19.3. The van der Waals surface area contributed by atoms with Gasteiger partial charge in [0.25, 0.3) is 5.78 Å². The maximum Gasteiger partial charge on any atom is 0.301 e. The maximum absolute atomic E-state index is 13.1. The predicted octanol–water partition coefficient (Wildman–Crippen LogP) is 5.36. The van der Waals surface area contributed by atoms with Crippen LogP contribution in [0.15, 0.2) is 89.9 Å². The largest absolute Gasteiger partial charge is 0.508 e. The number of aromatic nitrogens is 1. The number of carbonyl (C=O) groups excluding carboxylic acids is 2. The molecule has 2 heterocycles. The first kappa shape index (κ1) is 23.3. The monoisotopic (exact) mass is 498 g/mol. The van der Waals surface area contributed by atoms with Gasteiger partial charge in [0.2, 0.25) is 0 Å². The minimum Gasteiger partial charge on any atom is -0.508 e. The lowest BCUT2D eigenvalue weighted by atomic mass is 9.95. The highest BCUT2D eigenvalue weighted by atomic mass is 32.1. The van der Waals surface area contributed by atoms with Gasteiger partial charge in [-0.25, -0.2) is 4.98 Å². The molecule has 1 aliphatic heterocycles.